The van der Waals surface area contributed by atoms with Crippen LogP contribution in [0.3, 0.4) is 0 Å². The maximum Gasteiger partial charge on any atom is 0.139 e. The molecule has 0 aromatic rings. The fourth-order valence-electron chi connectivity index (χ4n) is 6.02. The highest BCUT2D eigenvalue weighted by Gasteiger charge is 2.67. The lowest BCUT2D eigenvalue weighted by molar-refractivity contribution is -0.128. The van der Waals surface area contributed by atoms with E-state index in [0.29, 0.717) is 17.6 Å². The van der Waals surface area contributed by atoms with Crippen molar-refractivity contribution in [2.75, 3.05) is 0 Å². The number of carbonyl (C=O) groups is 1. The summed E-state index contributed by atoms with van der Waals surface area (Å²) in [6, 6.07) is 0. The number of fused-ring (bicyclic) bond motifs is 5. The average Bonchev–Trinajstić information content (AvgIpc) is 2.85. The van der Waals surface area contributed by atoms with Gasteiger partial charge in [0.15, 0.2) is 0 Å². The normalized spacial score (nSPS) is 53.3. The molecule has 4 saturated carbocycles. The maximum absolute atomic E-state index is 12.9. The van der Waals surface area contributed by atoms with Crippen LogP contribution in [0.5, 0.6) is 0 Å². The number of carbonyl (C=O) groups excluding carboxylic acids is 1. The van der Waals surface area contributed by atoms with Crippen LogP contribution in [0.15, 0.2) is 0 Å². The Balaban J connectivity index is 1.48. The maximum atomic E-state index is 12.9. The molecular formula is C17H26O. The van der Waals surface area contributed by atoms with Crippen LogP contribution in [0.1, 0.15) is 58.3 Å². The van der Waals surface area contributed by atoms with Crippen molar-refractivity contribution in [3.63, 3.8) is 0 Å². The van der Waals surface area contributed by atoms with Crippen LogP contribution in [0, 0.1) is 41.4 Å². The summed E-state index contributed by atoms with van der Waals surface area (Å²) in [4.78, 5) is 12.9. The van der Waals surface area contributed by atoms with E-state index in [9.17, 15) is 4.79 Å². The molecule has 1 nitrogen and oxygen atoms in total. The minimum absolute atomic E-state index is 0.457. The zero-order valence-electron chi connectivity index (χ0n) is 11.6. The largest absolute Gasteiger partial charge is 0.299 e. The fourth-order valence-corrected chi connectivity index (χ4v) is 6.02. The van der Waals surface area contributed by atoms with E-state index in [2.05, 4.69) is 6.92 Å². The standard InChI is InChI=1S/C17H26O/c1-2-10-5-3-4-6-13(10)17(18)16-14-11-7-8-12(9-11)15(14)16/h10-16H,2-9H2,1H3. The highest BCUT2D eigenvalue weighted by atomic mass is 16.1. The summed E-state index contributed by atoms with van der Waals surface area (Å²) in [5.41, 5.74) is 0. The third-order valence-corrected chi connectivity index (χ3v) is 6.86. The van der Waals surface area contributed by atoms with E-state index < -0.39 is 0 Å². The summed E-state index contributed by atoms with van der Waals surface area (Å²) in [5.74, 6) is 6.06. The van der Waals surface area contributed by atoms with Crippen LogP contribution in [-0.2, 0) is 4.79 Å². The Hall–Kier alpha value is -0.330. The first kappa shape index (κ1) is 11.5. The molecule has 0 aromatic heterocycles. The lowest BCUT2D eigenvalue weighted by atomic mass is 9.74. The summed E-state index contributed by atoms with van der Waals surface area (Å²) in [6.45, 7) is 2.29. The minimum atomic E-state index is 0.457. The minimum Gasteiger partial charge on any atom is -0.299 e. The smallest absolute Gasteiger partial charge is 0.139 e. The molecule has 4 rings (SSSR count). The van der Waals surface area contributed by atoms with Gasteiger partial charge >= 0.3 is 0 Å². The molecule has 0 spiro atoms. The van der Waals surface area contributed by atoms with Crippen molar-refractivity contribution in [3.8, 4) is 0 Å². The lowest BCUT2D eigenvalue weighted by Gasteiger charge is -2.30. The van der Waals surface area contributed by atoms with Gasteiger partial charge in [-0.25, -0.2) is 0 Å². The Morgan fingerprint density at radius 2 is 1.67 bits per heavy atom. The van der Waals surface area contributed by atoms with E-state index >= 15 is 0 Å². The number of ketones is 1. The zero-order chi connectivity index (χ0) is 12.3. The molecule has 100 valence electrons. The Morgan fingerprint density at radius 1 is 1.00 bits per heavy atom. The second-order valence-corrected chi connectivity index (χ2v) is 7.48. The molecule has 1 heteroatoms. The summed E-state index contributed by atoms with van der Waals surface area (Å²) < 4.78 is 0. The molecule has 4 aliphatic carbocycles. The fraction of sp³-hybridized carbons (Fsp3) is 0.941. The van der Waals surface area contributed by atoms with Crippen molar-refractivity contribution in [1.29, 1.82) is 0 Å². The lowest BCUT2D eigenvalue weighted by Crippen LogP contribution is -2.29. The van der Waals surface area contributed by atoms with Gasteiger partial charge in [-0.15, -0.1) is 0 Å². The van der Waals surface area contributed by atoms with Gasteiger partial charge in [-0.2, -0.15) is 0 Å². The first-order chi connectivity index (χ1) is 8.81. The molecule has 0 amide bonds. The van der Waals surface area contributed by atoms with Gasteiger partial charge in [-0.3, -0.25) is 4.79 Å². The Kier molecular flexibility index (Phi) is 2.61. The topological polar surface area (TPSA) is 17.1 Å². The van der Waals surface area contributed by atoms with E-state index in [1.165, 1.54) is 51.4 Å². The molecular weight excluding hydrogens is 220 g/mol. The van der Waals surface area contributed by atoms with Gasteiger partial charge < -0.3 is 0 Å². The Bertz CT molecular complexity index is 345. The van der Waals surface area contributed by atoms with Crippen LogP contribution >= 0.6 is 0 Å². The first-order valence-corrected chi connectivity index (χ1v) is 8.35. The van der Waals surface area contributed by atoms with Gasteiger partial charge in [0, 0.05) is 11.8 Å². The molecule has 0 N–H and O–H groups in total. The predicted octanol–water partition coefficient (Wildman–Crippen LogP) is 4.06. The number of rotatable bonds is 3. The Morgan fingerprint density at radius 3 is 2.33 bits per heavy atom. The molecule has 0 aliphatic heterocycles. The van der Waals surface area contributed by atoms with E-state index in [0.717, 1.165) is 29.6 Å². The van der Waals surface area contributed by atoms with Gasteiger partial charge in [0.05, 0.1) is 0 Å². The van der Waals surface area contributed by atoms with Gasteiger partial charge in [0.1, 0.15) is 5.78 Å². The van der Waals surface area contributed by atoms with E-state index in [1.54, 1.807) is 0 Å². The van der Waals surface area contributed by atoms with E-state index in [-0.39, 0.29) is 0 Å². The summed E-state index contributed by atoms with van der Waals surface area (Å²) in [6.07, 6.45) is 10.8. The molecule has 0 radical (unpaired) electrons. The molecule has 0 aromatic carbocycles. The van der Waals surface area contributed by atoms with E-state index in [4.69, 9.17) is 0 Å². The third-order valence-electron chi connectivity index (χ3n) is 6.86. The quantitative estimate of drug-likeness (QED) is 0.734. The third kappa shape index (κ3) is 1.48. The van der Waals surface area contributed by atoms with Crippen LogP contribution in [0.25, 0.3) is 0 Å². The molecule has 0 saturated heterocycles. The highest BCUT2D eigenvalue weighted by Crippen LogP contribution is 2.70. The van der Waals surface area contributed by atoms with Crippen molar-refractivity contribution < 1.29 is 4.79 Å². The highest BCUT2D eigenvalue weighted by molar-refractivity contribution is 5.87. The van der Waals surface area contributed by atoms with Crippen molar-refractivity contribution >= 4 is 5.78 Å². The van der Waals surface area contributed by atoms with Crippen LogP contribution in [0.2, 0.25) is 0 Å². The SMILES string of the molecule is CCC1CCCCC1C(=O)C1C2C3CCC(C3)C12. The molecule has 6 unspecified atom stereocenters. The summed E-state index contributed by atoms with van der Waals surface area (Å²) in [7, 11) is 0. The first-order valence-electron chi connectivity index (χ1n) is 8.35. The zero-order valence-corrected chi connectivity index (χ0v) is 11.6. The number of hydrogen-bond donors (Lipinski definition) is 0. The monoisotopic (exact) mass is 246 g/mol. The van der Waals surface area contributed by atoms with Crippen molar-refractivity contribution in [2.24, 2.45) is 41.4 Å². The molecule has 6 atom stereocenters. The number of Topliss-reactive ketones (excluding diaryl/α,β-unsaturated/α-hetero) is 1. The number of hydrogen-bond acceptors (Lipinski definition) is 1. The van der Waals surface area contributed by atoms with Crippen LogP contribution in [-0.4, -0.2) is 5.78 Å². The predicted molar refractivity (Wildman–Crippen MR) is 72.0 cm³/mol. The molecule has 4 aliphatic rings. The van der Waals surface area contributed by atoms with Crippen LogP contribution in [0.4, 0.5) is 0 Å². The molecule has 4 fully saturated rings. The van der Waals surface area contributed by atoms with Gasteiger partial charge in [0.25, 0.3) is 0 Å². The van der Waals surface area contributed by atoms with Crippen molar-refractivity contribution in [3.05, 3.63) is 0 Å². The van der Waals surface area contributed by atoms with Crippen LogP contribution < -0.4 is 0 Å². The molecule has 18 heavy (non-hydrogen) atoms. The Labute approximate surface area is 111 Å². The summed E-state index contributed by atoms with van der Waals surface area (Å²) >= 11 is 0. The average molecular weight is 246 g/mol. The second kappa shape index (κ2) is 4.08. The molecule has 2 bridgehead atoms. The molecule has 0 heterocycles. The van der Waals surface area contributed by atoms with Gasteiger partial charge in [0.2, 0.25) is 0 Å². The summed E-state index contributed by atoms with van der Waals surface area (Å²) in [5, 5.41) is 0. The van der Waals surface area contributed by atoms with Crippen molar-refractivity contribution in [1.82, 2.24) is 0 Å². The van der Waals surface area contributed by atoms with Crippen molar-refractivity contribution in [2.45, 2.75) is 58.3 Å². The second-order valence-electron chi connectivity index (χ2n) is 7.48. The van der Waals surface area contributed by atoms with Gasteiger partial charge in [-0.05, 0) is 61.7 Å². The van der Waals surface area contributed by atoms with Gasteiger partial charge in [-0.1, -0.05) is 26.2 Å². The van der Waals surface area contributed by atoms with E-state index in [1.807, 2.05) is 0 Å².